The Morgan fingerprint density at radius 2 is 1.86 bits per heavy atom. The molecule has 2 aromatic carbocycles. The molecular formula is C16H16Cl2N2O2. The maximum Gasteiger partial charge on any atom is 0.179 e. The first-order valence-corrected chi connectivity index (χ1v) is 7.32. The van der Waals surface area contributed by atoms with Crippen LogP contribution in [0.4, 0.5) is 0 Å². The van der Waals surface area contributed by atoms with E-state index in [1.54, 1.807) is 32.6 Å². The monoisotopic (exact) mass is 338 g/mol. The number of hydrazone groups is 1. The van der Waals surface area contributed by atoms with Crippen molar-refractivity contribution in [3.63, 3.8) is 0 Å². The van der Waals surface area contributed by atoms with E-state index in [9.17, 15) is 0 Å². The van der Waals surface area contributed by atoms with Crippen LogP contribution in [0.2, 0.25) is 10.0 Å². The van der Waals surface area contributed by atoms with Gasteiger partial charge in [0, 0.05) is 5.02 Å². The Morgan fingerprint density at radius 3 is 2.55 bits per heavy atom. The van der Waals surface area contributed by atoms with Crippen LogP contribution in [0.5, 0.6) is 11.5 Å². The van der Waals surface area contributed by atoms with Gasteiger partial charge in [0.1, 0.15) is 0 Å². The molecule has 116 valence electrons. The number of hydrogen-bond acceptors (Lipinski definition) is 4. The summed E-state index contributed by atoms with van der Waals surface area (Å²) < 4.78 is 10.4. The largest absolute Gasteiger partial charge is 0.493 e. The van der Waals surface area contributed by atoms with E-state index < -0.39 is 0 Å². The number of ether oxygens (including phenoxy) is 2. The van der Waals surface area contributed by atoms with Crippen molar-refractivity contribution in [3.05, 3.63) is 57.6 Å². The van der Waals surface area contributed by atoms with E-state index in [1.807, 2.05) is 24.3 Å². The summed E-state index contributed by atoms with van der Waals surface area (Å²) in [5.41, 5.74) is 4.73. The van der Waals surface area contributed by atoms with E-state index >= 15 is 0 Å². The smallest absolute Gasteiger partial charge is 0.179 e. The summed E-state index contributed by atoms with van der Waals surface area (Å²) in [5, 5.41) is 5.34. The fraction of sp³-hybridized carbons (Fsp3) is 0.188. The third-order valence-electron chi connectivity index (χ3n) is 2.99. The Hall–Kier alpha value is -1.91. The summed E-state index contributed by atoms with van der Waals surface area (Å²) in [5.74, 6) is 1.06. The van der Waals surface area contributed by atoms with Crippen molar-refractivity contribution in [1.82, 2.24) is 5.43 Å². The topological polar surface area (TPSA) is 42.8 Å². The molecule has 0 unspecified atom stereocenters. The molecule has 2 rings (SSSR count). The van der Waals surface area contributed by atoms with Gasteiger partial charge in [-0.15, -0.1) is 0 Å². The van der Waals surface area contributed by atoms with Crippen LogP contribution in [-0.2, 0) is 6.54 Å². The van der Waals surface area contributed by atoms with Gasteiger partial charge in [-0.2, -0.15) is 5.10 Å². The quantitative estimate of drug-likeness (QED) is 0.636. The second-order valence-corrected chi connectivity index (χ2v) is 5.24. The molecule has 0 aliphatic carbocycles. The van der Waals surface area contributed by atoms with Gasteiger partial charge in [0.25, 0.3) is 0 Å². The van der Waals surface area contributed by atoms with E-state index in [-0.39, 0.29) is 0 Å². The number of methoxy groups -OCH3 is 2. The molecule has 22 heavy (non-hydrogen) atoms. The third kappa shape index (κ3) is 4.06. The van der Waals surface area contributed by atoms with E-state index in [0.29, 0.717) is 28.1 Å². The van der Waals surface area contributed by atoms with Crippen LogP contribution in [-0.4, -0.2) is 20.4 Å². The van der Waals surface area contributed by atoms with E-state index in [2.05, 4.69) is 10.5 Å². The Labute approximate surface area is 139 Å². The molecule has 2 aromatic rings. The Balaban J connectivity index is 2.04. The molecule has 0 bridgehead atoms. The molecule has 0 aliphatic rings. The summed E-state index contributed by atoms with van der Waals surface area (Å²) in [6.45, 7) is 0.539. The highest BCUT2D eigenvalue weighted by Gasteiger charge is 2.09. The van der Waals surface area contributed by atoms with Crippen molar-refractivity contribution in [2.75, 3.05) is 14.2 Å². The van der Waals surface area contributed by atoms with Crippen LogP contribution in [0.15, 0.2) is 41.5 Å². The van der Waals surface area contributed by atoms with Gasteiger partial charge < -0.3 is 14.9 Å². The van der Waals surface area contributed by atoms with E-state index in [1.165, 1.54) is 0 Å². The lowest BCUT2D eigenvalue weighted by atomic mass is 10.2. The average molecular weight is 339 g/mol. The molecule has 0 heterocycles. The third-order valence-corrected chi connectivity index (χ3v) is 3.64. The van der Waals surface area contributed by atoms with Crippen LogP contribution < -0.4 is 14.9 Å². The van der Waals surface area contributed by atoms with Gasteiger partial charge in [-0.25, -0.2) is 0 Å². The number of hydrogen-bond donors (Lipinski definition) is 1. The zero-order chi connectivity index (χ0) is 15.9. The first-order valence-electron chi connectivity index (χ1n) is 6.56. The zero-order valence-electron chi connectivity index (χ0n) is 12.3. The minimum Gasteiger partial charge on any atom is -0.493 e. The molecular weight excluding hydrogens is 323 g/mol. The lowest BCUT2D eigenvalue weighted by Gasteiger charge is -2.10. The van der Waals surface area contributed by atoms with Crippen molar-refractivity contribution in [1.29, 1.82) is 0 Å². The SMILES string of the molecule is COc1cc(/C=N\NCc2ccccc2Cl)cc(Cl)c1OC. The van der Waals surface area contributed by atoms with Crippen molar-refractivity contribution < 1.29 is 9.47 Å². The maximum atomic E-state index is 6.14. The van der Waals surface area contributed by atoms with Crippen molar-refractivity contribution >= 4 is 29.4 Å². The highest BCUT2D eigenvalue weighted by atomic mass is 35.5. The fourth-order valence-electron chi connectivity index (χ4n) is 1.91. The fourth-order valence-corrected chi connectivity index (χ4v) is 2.40. The first-order chi connectivity index (χ1) is 10.7. The Morgan fingerprint density at radius 1 is 1.09 bits per heavy atom. The summed E-state index contributed by atoms with van der Waals surface area (Å²) in [4.78, 5) is 0. The second-order valence-electron chi connectivity index (χ2n) is 4.42. The highest BCUT2D eigenvalue weighted by Crippen LogP contribution is 2.35. The zero-order valence-corrected chi connectivity index (χ0v) is 13.8. The average Bonchev–Trinajstić information content (AvgIpc) is 2.52. The lowest BCUT2D eigenvalue weighted by molar-refractivity contribution is 0.355. The van der Waals surface area contributed by atoms with Crippen molar-refractivity contribution in [3.8, 4) is 11.5 Å². The number of nitrogens with zero attached hydrogens (tertiary/aromatic N) is 1. The van der Waals surface area contributed by atoms with Crippen molar-refractivity contribution in [2.45, 2.75) is 6.54 Å². The predicted molar refractivity (Wildman–Crippen MR) is 90.4 cm³/mol. The highest BCUT2D eigenvalue weighted by molar-refractivity contribution is 6.32. The standard InChI is InChI=1S/C16H16Cl2N2O2/c1-21-15-8-11(7-14(18)16(15)22-2)9-19-20-10-12-5-3-4-6-13(12)17/h3-9,20H,10H2,1-2H3/b19-9-. The molecule has 6 heteroatoms. The molecule has 0 aliphatic heterocycles. The number of halogens is 2. The molecule has 0 atom stereocenters. The lowest BCUT2D eigenvalue weighted by Crippen LogP contribution is -2.06. The Bertz CT molecular complexity index is 675. The maximum absolute atomic E-state index is 6.14. The normalized spacial score (nSPS) is 10.7. The first kappa shape index (κ1) is 16.5. The molecule has 1 N–H and O–H groups in total. The summed E-state index contributed by atoms with van der Waals surface area (Å²) in [6, 6.07) is 11.2. The summed E-state index contributed by atoms with van der Waals surface area (Å²) in [6.07, 6.45) is 1.66. The molecule has 0 aromatic heterocycles. The molecule has 0 radical (unpaired) electrons. The number of benzene rings is 2. The van der Waals surface area contributed by atoms with Gasteiger partial charge in [0.05, 0.1) is 32.0 Å². The van der Waals surface area contributed by atoms with E-state index in [4.69, 9.17) is 32.7 Å². The molecule has 0 saturated heterocycles. The van der Waals surface area contributed by atoms with Gasteiger partial charge in [-0.05, 0) is 29.3 Å². The molecule has 0 saturated carbocycles. The molecule has 0 spiro atoms. The Kier molecular flexibility index (Phi) is 5.92. The number of rotatable bonds is 6. The van der Waals surface area contributed by atoms with E-state index in [0.717, 1.165) is 11.1 Å². The predicted octanol–water partition coefficient (Wildman–Crippen LogP) is 4.13. The minimum absolute atomic E-state index is 0.467. The number of nitrogens with one attached hydrogen (secondary N) is 1. The van der Waals surface area contributed by atoms with Gasteiger partial charge >= 0.3 is 0 Å². The summed E-state index contributed by atoms with van der Waals surface area (Å²) >= 11 is 12.2. The molecule has 4 nitrogen and oxygen atoms in total. The van der Waals surface area contributed by atoms with Crippen molar-refractivity contribution in [2.24, 2.45) is 5.10 Å². The van der Waals surface area contributed by atoms with Crippen LogP contribution in [0.3, 0.4) is 0 Å². The van der Waals surface area contributed by atoms with Gasteiger partial charge in [0.2, 0.25) is 0 Å². The van der Waals surface area contributed by atoms with Crippen LogP contribution in [0, 0.1) is 0 Å². The van der Waals surface area contributed by atoms with Gasteiger partial charge in [0.15, 0.2) is 11.5 Å². The van der Waals surface area contributed by atoms with Gasteiger partial charge in [-0.3, -0.25) is 0 Å². The van der Waals surface area contributed by atoms with Crippen LogP contribution in [0.25, 0.3) is 0 Å². The second kappa shape index (κ2) is 7.92. The van der Waals surface area contributed by atoms with Gasteiger partial charge in [-0.1, -0.05) is 41.4 Å². The molecule has 0 fully saturated rings. The van der Waals surface area contributed by atoms with Crippen LogP contribution in [0.1, 0.15) is 11.1 Å². The molecule has 0 amide bonds. The minimum atomic E-state index is 0.467. The summed E-state index contributed by atoms with van der Waals surface area (Å²) in [7, 11) is 3.10. The van der Waals surface area contributed by atoms with Crippen LogP contribution >= 0.6 is 23.2 Å².